The van der Waals surface area contributed by atoms with Crippen LogP contribution in [0.3, 0.4) is 0 Å². The lowest BCUT2D eigenvalue weighted by molar-refractivity contribution is 0.102. The van der Waals surface area contributed by atoms with Crippen LogP contribution in [-0.4, -0.2) is 12.2 Å². The van der Waals surface area contributed by atoms with Crippen LogP contribution in [0.1, 0.15) is 31.8 Å². The molecule has 18 heavy (non-hydrogen) atoms. The molecule has 1 aromatic carbocycles. The molecule has 0 spiro atoms. The van der Waals surface area contributed by atoms with E-state index < -0.39 is 0 Å². The van der Waals surface area contributed by atoms with Gasteiger partial charge in [-0.2, -0.15) is 0 Å². The van der Waals surface area contributed by atoms with Gasteiger partial charge in [0, 0.05) is 16.1 Å². The number of rotatable bonds is 4. The number of carbonyl (C=O) groups is 2. The number of carbonyl (C=O) groups excluding carboxylic acids is 2. The molecule has 1 heterocycles. The number of hydrogen-bond acceptors (Lipinski definition) is 3. The van der Waals surface area contributed by atoms with E-state index in [1.165, 1.54) is 16.2 Å². The van der Waals surface area contributed by atoms with Crippen LogP contribution in [-0.2, 0) is 6.42 Å². The Labute approximate surface area is 109 Å². The molecule has 0 atom stereocenters. The highest BCUT2D eigenvalue weighted by molar-refractivity contribution is 7.14. The fourth-order valence-electron chi connectivity index (χ4n) is 1.57. The van der Waals surface area contributed by atoms with Crippen molar-refractivity contribution >= 4 is 29.2 Å². The first-order valence-corrected chi connectivity index (χ1v) is 6.50. The number of benzene rings is 1. The minimum absolute atomic E-state index is 0.136. The summed E-state index contributed by atoms with van der Waals surface area (Å²) >= 11 is 1.49. The van der Waals surface area contributed by atoms with E-state index in [2.05, 4.69) is 12.2 Å². The second-order valence-electron chi connectivity index (χ2n) is 3.82. The predicted octanol–water partition coefficient (Wildman–Crippen LogP) is 3.38. The Bertz CT molecular complexity index is 575. The number of nitrogens with one attached hydrogen (secondary N) is 1. The van der Waals surface area contributed by atoms with Gasteiger partial charge in [0.25, 0.3) is 5.91 Å². The summed E-state index contributed by atoms with van der Waals surface area (Å²) in [6.45, 7) is 2.06. The third-order valence-electron chi connectivity index (χ3n) is 2.51. The Morgan fingerprint density at radius 1 is 1.33 bits per heavy atom. The third-order valence-corrected chi connectivity index (χ3v) is 3.74. The van der Waals surface area contributed by atoms with Crippen molar-refractivity contribution in [1.29, 1.82) is 0 Å². The molecule has 0 aliphatic heterocycles. The Morgan fingerprint density at radius 2 is 2.17 bits per heavy atom. The van der Waals surface area contributed by atoms with Gasteiger partial charge < -0.3 is 5.32 Å². The zero-order valence-electron chi connectivity index (χ0n) is 9.97. The van der Waals surface area contributed by atoms with E-state index in [0.717, 1.165) is 12.7 Å². The lowest BCUT2D eigenvalue weighted by atomic mass is 10.2. The van der Waals surface area contributed by atoms with E-state index in [1.807, 2.05) is 12.1 Å². The van der Waals surface area contributed by atoms with Gasteiger partial charge in [0.15, 0.2) is 0 Å². The molecule has 4 heteroatoms. The van der Waals surface area contributed by atoms with Gasteiger partial charge in [0.1, 0.15) is 6.29 Å². The number of aryl methyl sites for hydroxylation is 1. The smallest absolute Gasteiger partial charge is 0.265 e. The van der Waals surface area contributed by atoms with E-state index in [4.69, 9.17) is 0 Å². The largest absolute Gasteiger partial charge is 0.321 e. The molecule has 1 amide bonds. The second kappa shape index (κ2) is 5.60. The molecule has 0 saturated carbocycles. The first-order chi connectivity index (χ1) is 8.72. The summed E-state index contributed by atoms with van der Waals surface area (Å²) in [5, 5.41) is 2.78. The summed E-state index contributed by atoms with van der Waals surface area (Å²) in [5.41, 5.74) is 1.18. The molecule has 0 radical (unpaired) electrons. The van der Waals surface area contributed by atoms with Gasteiger partial charge in [-0.3, -0.25) is 9.59 Å². The monoisotopic (exact) mass is 259 g/mol. The summed E-state index contributed by atoms with van der Waals surface area (Å²) < 4.78 is 0. The van der Waals surface area contributed by atoms with Gasteiger partial charge in [-0.15, -0.1) is 11.3 Å². The Kier molecular flexibility index (Phi) is 3.89. The number of anilines is 1. The molecule has 0 aliphatic rings. The van der Waals surface area contributed by atoms with Crippen molar-refractivity contribution in [2.45, 2.75) is 13.3 Å². The van der Waals surface area contributed by atoms with E-state index in [-0.39, 0.29) is 5.91 Å². The second-order valence-corrected chi connectivity index (χ2v) is 4.99. The SMILES string of the molecule is CCc1ccc(C(=O)Nc2cccc(C=O)c2)s1. The summed E-state index contributed by atoms with van der Waals surface area (Å²) in [5.74, 6) is -0.136. The quantitative estimate of drug-likeness (QED) is 0.856. The molecular weight excluding hydrogens is 246 g/mol. The maximum Gasteiger partial charge on any atom is 0.265 e. The van der Waals surface area contributed by atoms with Crippen molar-refractivity contribution in [3.63, 3.8) is 0 Å². The molecule has 2 rings (SSSR count). The molecule has 0 saturated heterocycles. The Hall–Kier alpha value is -1.94. The van der Waals surface area contributed by atoms with Crippen molar-refractivity contribution < 1.29 is 9.59 Å². The fourth-order valence-corrected chi connectivity index (χ4v) is 2.42. The van der Waals surface area contributed by atoms with Crippen molar-refractivity contribution in [3.05, 3.63) is 51.7 Å². The van der Waals surface area contributed by atoms with E-state index in [0.29, 0.717) is 16.1 Å². The zero-order chi connectivity index (χ0) is 13.0. The van der Waals surface area contributed by atoms with Crippen LogP contribution >= 0.6 is 11.3 Å². The highest BCUT2D eigenvalue weighted by Gasteiger charge is 2.09. The van der Waals surface area contributed by atoms with E-state index in [9.17, 15) is 9.59 Å². The van der Waals surface area contributed by atoms with Crippen LogP contribution < -0.4 is 5.32 Å². The van der Waals surface area contributed by atoms with Crippen LogP contribution in [0.2, 0.25) is 0 Å². The van der Waals surface area contributed by atoms with Gasteiger partial charge in [-0.05, 0) is 30.7 Å². The van der Waals surface area contributed by atoms with Crippen LogP contribution in [0, 0.1) is 0 Å². The van der Waals surface area contributed by atoms with Crippen molar-refractivity contribution in [1.82, 2.24) is 0 Å². The van der Waals surface area contributed by atoms with Crippen LogP contribution in [0.25, 0.3) is 0 Å². The molecule has 1 N–H and O–H groups in total. The third kappa shape index (κ3) is 2.84. The molecule has 0 fully saturated rings. The zero-order valence-corrected chi connectivity index (χ0v) is 10.8. The van der Waals surface area contributed by atoms with E-state index in [1.54, 1.807) is 24.3 Å². The highest BCUT2D eigenvalue weighted by Crippen LogP contribution is 2.19. The van der Waals surface area contributed by atoms with Gasteiger partial charge in [0.2, 0.25) is 0 Å². The Morgan fingerprint density at radius 3 is 2.83 bits per heavy atom. The maximum absolute atomic E-state index is 12.0. The average molecular weight is 259 g/mol. The number of thiophene rings is 1. The first-order valence-electron chi connectivity index (χ1n) is 5.68. The summed E-state index contributed by atoms with van der Waals surface area (Å²) in [6, 6.07) is 10.6. The standard InChI is InChI=1S/C14H13NO2S/c1-2-12-6-7-13(18-12)14(17)15-11-5-3-4-10(8-11)9-16/h3-9H,2H2,1H3,(H,15,17). The van der Waals surface area contributed by atoms with Crippen LogP contribution in [0.5, 0.6) is 0 Å². The summed E-state index contributed by atoms with van der Waals surface area (Å²) in [4.78, 5) is 24.5. The lowest BCUT2D eigenvalue weighted by Gasteiger charge is -2.03. The average Bonchev–Trinajstić information content (AvgIpc) is 2.88. The predicted molar refractivity (Wildman–Crippen MR) is 73.5 cm³/mol. The number of aldehydes is 1. The molecule has 3 nitrogen and oxygen atoms in total. The lowest BCUT2D eigenvalue weighted by Crippen LogP contribution is -2.10. The fraction of sp³-hybridized carbons (Fsp3) is 0.143. The van der Waals surface area contributed by atoms with Gasteiger partial charge in [-0.1, -0.05) is 19.1 Å². The number of amides is 1. The molecule has 0 unspecified atom stereocenters. The maximum atomic E-state index is 12.0. The van der Waals surface area contributed by atoms with Crippen molar-refractivity contribution in [3.8, 4) is 0 Å². The molecular formula is C14H13NO2S. The van der Waals surface area contributed by atoms with Crippen LogP contribution in [0.15, 0.2) is 36.4 Å². The molecule has 92 valence electrons. The summed E-state index contributed by atoms with van der Waals surface area (Å²) in [7, 11) is 0. The summed E-state index contributed by atoms with van der Waals surface area (Å²) in [6.07, 6.45) is 1.69. The van der Waals surface area contributed by atoms with Gasteiger partial charge in [-0.25, -0.2) is 0 Å². The normalized spacial score (nSPS) is 10.1. The number of hydrogen-bond donors (Lipinski definition) is 1. The van der Waals surface area contributed by atoms with E-state index >= 15 is 0 Å². The highest BCUT2D eigenvalue weighted by atomic mass is 32.1. The van der Waals surface area contributed by atoms with Gasteiger partial charge >= 0.3 is 0 Å². The van der Waals surface area contributed by atoms with Gasteiger partial charge in [0.05, 0.1) is 4.88 Å². The molecule has 0 bridgehead atoms. The van der Waals surface area contributed by atoms with Crippen LogP contribution in [0.4, 0.5) is 5.69 Å². The topological polar surface area (TPSA) is 46.2 Å². The Balaban J connectivity index is 2.13. The minimum atomic E-state index is -0.136. The van der Waals surface area contributed by atoms with Crippen molar-refractivity contribution in [2.75, 3.05) is 5.32 Å². The molecule has 1 aromatic heterocycles. The minimum Gasteiger partial charge on any atom is -0.321 e. The van der Waals surface area contributed by atoms with Crippen molar-refractivity contribution in [2.24, 2.45) is 0 Å². The first kappa shape index (κ1) is 12.5. The molecule has 2 aromatic rings. The molecule has 0 aliphatic carbocycles.